The van der Waals surface area contributed by atoms with Gasteiger partial charge in [0.05, 0.1) is 10.9 Å². The summed E-state index contributed by atoms with van der Waals surface area (Å²) in [7, 11) is 0. The lowest BCUT2D eigenvalue weighted by Gasteiger charge is -2.33. The van der Waals surface area contributed by atoms with Crippen molar-refractivity contribution >= 4 is 27.7 Å². The molecule has 2 unspecified atom stereocenters. The normalized spacial score (nSPS) is 33.4. The molecule has 2 heterocycles. The van der Waals surface area contributed by atoms with Crippen molar-refractivity contribution in [1.29, 1.82) is 0 Å². The molecule has 0 spiro atoms. The highest BCUT2D eigenvalue weighted by molar-refractivity contribution is 9.10. The van der Waals surface area contributed by atoms with Crippen LogP contribution in [0.1, 0.15) is 19.3 Å². The van der Waals surface area contributed by atoms with E-state index in [-0.39, 0.29) is 22.7 Å². The maximum absolute atomic E-state index is 11.8. The smallest absolute Gasteiger partial charge is 0.236 e. The van der Waals surface area contributed by atoms with Gasteiger partial charge in [-0.3, -0.25) is 9.59 Å². The highest BCUT2D eigenvalue weighted by atomic mass is 79.9. The topological polar surface area (TPSA) is 49.4 Å². The van der Waals surface area contributed by atoms with Crippen LogP contribution >= 0.6 is 15.9 Å². The Labute approximate surface area is 91.1 Å². The second-order valence-electron chi connectivity index (χ2n) is 3.80. The molecule has 2 amide bonds. The molecule has 2 saturated heterocycles. The van der Waals surface area contributed by atoms with E-state index in [9.17, 15) is 9.59 Å². The number of hydrogen-bond acceptors (Lipinski definition) is 2. The Morgan fingerprint density at radius 2 is 2.21 bits per heavy atom. The van der Waals surface area contributed by atoms with Crippen molar-refractivity contribution in [2.45, 2.75) is 30.1 Å². The van der Waals surface area contributed by atoms with E-state index in [4.69, 9.17) is 0 Å². The summed E-state index contributed by atoms with van der Waals surface area (Å²) in [5.41, 5.74) is 0. The summed E-state index contributed by atoms with van der Waals surface area (Å²) in [6.45, 7) is 1.41. The molecule has 2 fully saturated rings. The average molecular weight is 261 g/mol. The van der Waals surface area contributed by atoms with E-state index in [1.54, 1.807) is 0 Å². The minimum Gasteiger partial charge on any atom is -0.354 e. The number of hydrogen-bond donors (Lipinski definition) is 1. The van der Waals surface area contributed by atoms with Crippen molar-refractivity contribution in [3.05, 3.63) is 0 Å². The first-order chi connectivity index (χ1) is 6.68. The molecule has 4 nitrogen and oxygen atoms in total. The zero-order valence-corrected chi connectivity index (χ0v) is 9.42. The second kappa shape index (κ2) is 3.88. The first-order valence-electron chi connectivity index (χ1n) is 4.90. The molecule has 2 aliphatic heterocycles. The Balaban J connectivity index is 2.02. The van der Waals surface area contributed by atoms with Gasteiger partial charge in [0.25, 0.3) is 0 Å². The van der Waals surface area contributed by atoms with E-state index in [1.807, 2.05) is 4.90 Å². The zero-order valence-electron chi connectivity index (χ0n) is 7.83. The molecule has 2 aliphatic rings. The van der Waals surface area contributed by atoms with Crippen molar-refractivity contribution in [3.8, 4) is 0 Å². The Hall–Kier alpha value is -0.580. The maximum atomic E-state index is 11.8. The predicted molar refractivity (Wildman–Crippen MR) is 55.1 cm³/mol. The van der Waals surface area contributed by atoms with Crippen LogP contribution in [0.4, 0.5) is 0 Å². The fourth-order valence-corrected chi connectivity index (χ4v) is 2.61. The van der Waals surface area contributed by atoms with E-state index in [0.717, 1.165) is 19.4 Å². The average Bonchev–Trinajstić information content (AvgIpc) is 2.57. The fraction of sp³-hybridized carbons (Fsp3) is 0.778. The summed E-state index contributed by atoms with van der Waals surface area (Å²) < 4.78 is 0. The number of nitrogens with zero attached hydrogens (tertiary/aromatic N) is 1. The maximum Gasteiger partial charge on any atom is 0.236 e. The molecule has 0 saturated carbocycles. The van der Waals surface area contributed by atoms with E-state index in [0.29, 0.717) is 13.0 Å². The third kappa shape index (κ3) is 1.78. The number of halogens is 1. The molecule has 0 bridgehead atoms. The highest BCUT2D eigenvalue weighted by Gasteiger charge is 2.35. The fourth-order valence-electron chi connectivity index (χ4n) is 2.03. The molecule has 2 atom stereocenters. The lowest BCUT2D eigenvalue weighted by molar-refractivity contribution is -0.134. The van der Waals surface area contributed by atoms with Crippen LogP contribution in [0.5, 0.6) is 0 Å². The van der Waals surface area contributed by atoms with Crippen molar-refractivity contribution < 1.29 is 9.59 Å². The van der Waals surface area contributed by atoms with Gasteiger partial charge in [0, 0.05) is 19.5 Å². The summed E-state index contributed by atoms with van der Waals surface area (Å²) in [5.74, 6) is 0.192. The summed E-state index contributed by atoms with van der Waals surface area (Å²) in [6, 6.07) is 0.0790. The summed E-state index contributed by atoms with van der Waals surface area (Å²) in [6.07, 6.45) is 2.39. The Bertz CT molecular complexity index is 270. The Morgan fingerprint density at radius 3 is 2.86 bits per heavy atom. The van der Waals surface area contributed by atoms with Crippen molar-refractivity contribution in [1.82, 2.24) is 10.2 Å². The molecule has 0 aromatic rings. The standard InChI is InChI=1S/C9H13BrN2O2/c10-7-2-1-3-12(9(7)14)6-4-8(13)11-5-6/h6-7H,1-5H2,(H,11,13). The quantitative estimate of drug-likeness (QED) is 0.688. The molecule has 1 N–H and O–H groups in total. The predicted octanol–water partition coefficient (Wildman–Crippen LogP) is 0.261. The number of carbonyl (C=O) groups is 2. The van der Waals surface area contributed by atoms with Crippen LogP contribution < -0.4 is 5.32 Å². The van der Waals surface area contributed by atoms with Crippen LogP contribution in [0.3, 0.4) is 0 Å². The van der Waals surface area contributed by atoms with Crippen LogP contribution in [0, 0.1) is 0 Å². The number of piperidine rings is 1. The third-order valence-electron chi connectivity index (χ3n) is 2.80. The number of rotatable bonds is 1. The van der Waals surface area contributed by atoms with E-state index < -0.39 is 0 Å². The first kappa shape index (κ1) is 9.96. The minimum atomic E-state index is -0.0491. The molecular weight excluding hydrogens is 248 g/mol. The SMILES string of the molecule is O=C1CC(N2CCCC(Br)C2=O)CN1. The van der Waals surface area contributed by atoms with Gasteiger partial charge in [-0.25, -0.2) is 0 Å². The highest BCUT2D eigenvalue weighted by Crippen LogP contribution is 2.22. The summed E-state index contributed by atoms with van der Waals surface area (Å²) in [4.78, 5) is 24.6. The Morgan fingerprint density at radius 1 is 1.43 bits per heavy atom. The number of carbonyl (C=O) groups excluding carboxylic acids is 2. The van der Waals surface area contributed by atoms with Crippen molar-refractivity contribution in [2.75, 3.05) is 13.1 Å². The van der Waals surface area contributed by atoms with E-state index in [2.05, 4.69) is 21.2 Å². The van der Waals surface area contributed by atoms with Gasteiger partial charge >= 0.3 is 0 Å². The Kier molecular flexibility index (Phi) is 2.76. The third-order valence-corrected chi connectivity index (χ3v) is 3.65. The number of alkyl halides is 1. The summed E-state index contributed by atoms with van der Waals surface area (Å²) >= 11 is 3.36. The number of likely N-dealkylation sites (tertiary alicyclic amines) is 1. The van der Waals surface area contributed by atoms with Gasteiger partial charge in [-0.2, -0.15) is 0 Å². The lowest BCUT2D eigenvalue weighted by atomic mass is 10.1. The molecule has 0 radical (unpaired) electrons. The van der Waals surface area contributed by atoms with Gasteiger partial charge in [-0.15, -0.1) is 0 Å². The molecular formula is C9H13BrN2O2. The van der Waals surface area contributed by atoms with Crippen LogP contribution in [0.15, 0.2) is 0 Å². The molecule has 0 aliphatic carbocycles. The summed E-state index contributed by atoms with van der Waals surface area (Å²) in [5, 5.41) is 2.75. The van der Waals surface area contributed by atoms with Crippen LogP contribution in [0.2, 0.25) is 0 Å². The van der Waals surface area contributed by atoms with Crippen LogP contribution in [-0.2, 0) is 9.59 Å². The molecule has 0 aromatic carbocycles. The van der Waals surface area contributed by atoms with Gasteiger partial charge in [-0.05, 0) is 12.8 Å². The van der Waals surface area contributed by atoms with Crippen molar-refractivity contribution in [2.24, 2.45) is 0 Å². The lowest BCUT2D eigenvalue weighted by Crippen LogP contribution is -2.48. The van der Waals surface area contributed by atoms with E-state index in [1.165, 1.54) is 0 Å². The van der Waals surface area contributed by atoms with Crippen LogP contribution in [-0.4, -0.2) is 40.7 Å². The largest absolute Gasteiger partial charge is 0.354 e. The minimum absolute atomic E-state index is 0.0491. The van der Waals surface area contributed by atoms with Crippen molar-refractivity contribution in [3.63, 3.8) is 0 Å². The zero-order chi connectivity index (χ0) is 10.1. The van der Waals surface area contributed by atoms with Gasteiger partial charge in [0.15, 0.2) is 0 Å². The molecule has 78 valence electrons. The molecule has 14 heavy (non-hydrogen) atoms. The van der Waals surface area contributed by atoms with Gasteiger partial charge in [-0.1, -0.05) is 15.9 Å². The van der Waals surface area contributed by atoms with Gasteiger partial charge in [0.1, 0.15) is 0 Å². The number of amides is 2. The number of nitrogens with one attached hydrogen (secondary N) is 1. The van der Waals surface area contributed by atoms with Gasteiger partial charge < -0.3 is 10.2 Å². The molecule has 5 heteroatoms. The second-order valence-corrected chi connectivity index (χ2v) is 4.91. The van der Waals surface area contributed by atoms with Gasteiger partial charge in [0.2, 0.25) is 11.8 Å². The van der Waals surface area contributed by atoms with E-state index >= 15 is 0 Å². The van der Waals surface area contributed by atoms with Crippen LogP contribution in [0.25, 0.3) is 0 Å². The first-order valence-corrected chi connectivity index (χ1v) is 5.81. The monoisotopic (exact) mass is 260 g/mol. The molecule has 0 aromatic heterocycles. The molecule has 2 rings (SSSR count).